The van der Waals surface area contributed by atoms with Crippen LogP contribution in [0.1, 0.15) is 40.2 Å². The number of piperidine rings is 1. The van der Waals surface area contributed by atoms with Crippen LogP contribution in [0.5, 0.6) is 0 Å². The van der Waals surface area contributed by atoms with Gasteiger partial charge < -0.3 is 15.1 Å². The van der Waals surface area contributed by atoms with Crippen molar-refractivity contribution in [1.29, 1.82) is 0 Å². The van der Waals surface area contributed by atoms with Crippen LogP contribution in [0.3, 0.4) is 0 Å². The summed E-state index contributed by atoms with van der Waals surface area (Å²) in [6.07, 6.45) is 2.88. The first-order chi connectivity index (χ1) is 22.1. The number of benzene rings is 2. The van der Waals surface area contributed by atoms with E-state index in [2.05, 4.69) is 60.6 Å². The van der Waals surface area contributed by atoms with Gasteiger partial charge in [0.15, 0.2) is 0 Å². The highest BCUT2D eigenvalue weighted by Gasteiger charge is 2.28. The van der Waals surface area contributed by atoms with Crippen molar-refractivity contribution >= 4 is 45.2 Å². The monoisotopic (exact) mass is 690 g/mol. The third kappa shape index (κ3) is 7.16. The number of hydrogen-bond donors (Lipinski definition) is 2. The van der Waals surface area contributed by atoms with E-state index in [0.717, 1.165) is 50.4 Å². The zero-order chi connectivity index (χ0) is 32.4. The van der Waals surface area contributed by atoms with E-state index in [0.29, 0.717) is 41.8 Å². The van der Waals surface area contributed by atoms with E-state index < -0.39 is 0 Å². The molecular formula is C33H39BrN8O4. The Balaban J connectivity index is 1.00. The number of urea groups is 1. The molecule has 0 saturated carbocycles. The van der Waals surface area contributed by atoms with Gasteiger partial charge in [-0.25, -0.2) is 9.48 Å². The summed E-state index contributed by atoms with van der Waals surface area (Å²) in [5.74, 6) is 0.101. The molecule has 0 spiro atoms. The molecule has 1 aromatic heterocycles. The minimum atomic E-state index is -0.382. The highest BCUT2D eigenvalue weighted by Crippen LogP contribution is 2.30. The van der Waals surface area contributed by atoms with Gasteiger partial charge in [-0.05, 0) is 70.7 Å². The van der Waals surface area contributed by atoms with Crippen molar-refractivity contribution in [3.05, 3.63) is 86.2 Å². The molecule has 3 aliphatic heterocycles. The standard InChI is InChI=1S/C33H39BrN8O4/c1-38-20-25(17-26(21-38)36-28-18-35-39(2)32(45)30(28)34)23-5-7-24(8-6-23)31(44)41-15-13-40(14-16-41)19-22-3-9-27(10-4-22)42-12-11-29(43)37-33(42)46/h3-10,18,25-26,36H,11-17,19-21H2,1-2H3,(H,37,43,46). The number of halogens is 1. The van der Waals surface area contributed by atoms with Crippen molar-refractivity contribution < 1.29 is 14.4 Å². The maximum Gasteiger partial charge on any atom is 0.328 e. The smallest absolute Gasteiger partial charge is 0.328 e. The largest absolute Gasteiger partial charge is 0.379 e. The number of amides is 4. The molecule has 0 bridgehead atoms. The Morgan fingerprint density at radius 2 is 1.67 bits per heavy atom. The number of likely N-dealkylation sites (N-methyl/N-ethyl adjacent to an activating group) is 1. The van der Waals surface area contributed by atoms with Gasteiger partial charge in [-0.1, -0.05) is 24.3 Å². The molecule has 0 aliphatic carbocycles. The molecule has 3 aliphatic rings. The fourth-order valence-electron chi connectivity index (χ4n) is 6.54. The first kappa shape index (κ1) is 31.9. The first-order valence-electron chi connectivity index (χ1n) is 15.6. The van der Waals surface area contributed by atoms with Gasteiger partial charge in [-0.2, -0.15) is 5.10 Å². The van der Waals surface area contributed by atoms with E-state index in [4.69, 9.17) is 0 Å². The maximum absolute atomic E-state index is 13.4. The molecule has 0 radical (unpaired) electrons. The Morgan fingerprint density at radius 3 is 2.37 bits per heavy atom. The molecule has 242 valence electrons. The molecule has 4 heterocycles. The van der Waals surface area contributed by atoms with Gasteiger partial charge in [-0.3, -0.25) is 29.5 Å². The van der Waals surface area contributed by atoms with Gasteiger partial charge in [0.2, 0.25) is 5.91 Å². The summed E-state index contributed by atoms with van der Waals surface area (Å²) in [6, 6.07) is 15.7. The zero-order valence-electron chi connectivity index (χ0n) is 26.1. The molecule has 2 unspecified atom stereocenters. The Labute approximate surface area is 276 Å². The van der Waals surface area contributed by atoms with Crippen LogP contribution in [-0.4, -0.2) is 101 Å². The Kier molecular flexibility index (Phi) is 9.52. The first-order valence-corrected chi connectivity index (χ1v) is 16.4. The molecule has 2 N–H and O–H groups in total. The lowest BCUT2D eigenvalue weighted by atomic mass is 9.87. The lowest BCUT2D eigenvalue weighted by Crippen LogP contribution is -2.49. The zero-order valence-corrected chi connectivity index (χ0v) is 27.7. The summed E-state index contributed by atoms with van der Waals surface area (Å²) >= 11 is 3.41. The van der Waals surface area contributed by atoms with Crippen LogP contribution < -0.4 is 21.1 Å². The van der Waals surface area contributed by atoms with Crippen molar-refractivity contribution in [3.8, 4) is 0 Å². The number of aromatic nitrogens is 2. The Morgan fingerprint density at radius 1 is 0.957 bits per heavy atom. The van der Waals surface area contributed by atoms with E-state index >= 15 is 0 Å². The second kappa shape index (κ2) is 13.7. The van der Waals surface area contributed by atoms with Crippen LogP contribution in [0.15, 0.2) is 64.0 Å². The van der Waals surface area contributed by atoms with Crippen LogP contribution in [0.2, 0.25) is 0 Å². The molecule has 2 aromatic carbocycles. The van der Waals surface area contributed by atoms with Crippen LogP contribution >= 0.6 is 15.9 Å². The Bertz CT molecular complexity index is 1650. The number of nitrogens with zero attached hydrogens (tertiary/aromatic N) is 6. The van der Waals surface area contributed by atoms with Gasteiger partial charge >= 0.3 is 6.03 Å². The molecule has 4 amide bonds. The van der Waals surface area contributed by atoms with Gasteiger partial charge in [0, 0.05) is 83.1 Å². The number of hydrogen-bond acceptors (Lipinski definition) is 8. The fourth-order valence-corrected chi connectivity index (χ4v) is 7.01. The normalized spacial score (nSPS) is 21.3. The third-order valence-electron chi connectivity index (χ3n) is 9.07. The van der Waals surface area contributed by atoms with E-state index in [-0.39, 0.29) is 35.4 Å². The summed E-state index contributed by atoms with van der Waals surface area (Å²) in [5.41, 5.74) is 4.32. The summed E-state index contributed by atoms with van der Waals surface area (Å²) in [7, 11) is 3.73. The second-order valence-electron chi connectivity index (χ2n) is 12.4. The van der Waals surface area contributed by atoms with Crippen molar-refractivity contribution in [2.24, 2.45) is 7.05 Å². The highest BCUT2D eigenvalue weighted by molar-refractivity contribution is 9.10. The minimum absolute atomic E-state index is 0.0529. The van der Waals surface area contributed by atoms with Gasteiger partial charge in [0.1, 0.15) is 4.47 Å². The molecule has 2 atom stereocenters. The molecular weight excluding hydrogens is 652 g/mol. The molecule has 3 fully saturated rings. The molecule has 3 saturated heterocycles. The molecule has 46 heavy (non-hydrogen) atoms. The number of likely N-dealkylation sites (tertiary alicyclic amines) is 1. The van der Waals surface area contributed by atoms with Gasteiger partial charge in [0.25, 0.3) is 11.5 Å². The fraction of sp³-hybridized carbons (Fsp3) is 0.424. The van der Waals surface area contributed by atoms with E-state index in [1.807, 2.05) is 41.3 Å². The molecule has 6 rings (SSSR count). The molecule has 13 heteroatoms. The number of rotatable bonds is 7. The molecule has 3 aromatic rings. The van der Waals surface area contributed by atoms with E-state index in [1.54, 1.807) is 18.1 Å². The highest BCUT2D eigenvalue weighted by atomic mass is 79.9. The average Bonchev–Trinajstić information content (AvgIpc) is 3.05. The summed E-state index contributed by atoms with van der Waals surface area (Å²) in [5, 5.41) is 10.0. The quantitative estimate of drug-likeness (QED) is 0.388. The summed E-state index contributed by atoms with van der Waals surface area (Å²) in [4.78, 5) is 57.4. The number of piperazine rings is 1. The predicted octanol–water partition coefficient (Wildman–Crippen LogP) is 2.85. The average molecular weight is 692 g/mol. The summed E-state index contributed by atoms with van der Waals surface area (Å²) in [6.45, 7) is 5.81. The number of carbonyl (C=O) groups excluding carboxylic acids is 3. The topological polar surface area (TPSA) is 123 Å². The Hall–Kier alpha value is -4.07. The van der Waals surface area contributed by atoms with Crippen LogP contribution in [0, 0.1) is 0 Å². The van der Waals surface area contributed by atoms with Gasteiger partial charge in [0.05, 0.1) is 11.9 Å². The lowest BCUT2D eigenvalue weighted by molar-refractivity contribution is -0.120. The predicted molar refractivity (Wildman–Crippen MR) is 179 cm³/mol. The molecule has 12 nitrogen and oxygen atoms in total. The number of carbonyl (C=O) groups is 3. The van der Waals surface area contributed by atoms with Gasteiger partial charge in [-0.15, -0.1) is 0 Å². The van der Waals surface area contributed by atoms with Crippen molar-refractivity contribution in [1.82, 2.24) is 29.8 Å². The van der Waals surface area contributed by atoms with E-state index in [1.165, 1.54) is 10.2 Å². The van der Waals surface area contributed by atoms with Crippen LogP contribution in [0.4, 0.5) is 16.2 Å². The second-order valence-corrected chi connectivity index (χ2v) is 13.2. The van der Waals surface area contributed by atoms with Crippen LogP contribution in [-0.2, 0) is 18.4 Å². The number of imide groups is 1. The SMILES string of the molecule is CN1CC(Nc2cnn(C)c(=O)c2Br)CC(c2ccc(C(=O)N3CCN(Cc4ccc(N5CCC(=O)NC5=O)cc4)CC3)cc2)C1. The maximum atomic E-state index is 13.4. The summed E-state index contributed by atoms with van der Waals surface area (Å²) < 4.78 is 1.79. The number of anilines is 2. The van der Waals surface area contributed by atoms with Crippen molar-refractivity contribution in [3.63, 3.8) is 0 Å². The third-order valence-corrected chi connectivity index (χ3v) is 9.83. The van der Waals surface area contributed by atoms with Crippen molar-refractivity contribution in [2.75, 3.05) is 63.1 Å². The minimum Gasteiger partial charge on any atom is -0.379 e. The number of nitrogens with one attached hydrogen (secondary N) is 2. The number of aryl methyl sites for hydroxylation is 1. The lowest BCUT2D eigenvalue weighted by Gasteiger charge is -2.37. The van der Waals surface area contributed by atoms with Crippen LogP contribution in [0.25, 0.3) is 0 Å². The van der Waals surface area contributed by atoms with Crippen molar-refractivity contribution in [2.45, 2.75) is 31.3 Å². The van der Waals surface area contributed by atoms with E-state index in [9.17, 15) is 19.2 Å².